The first-order chi connectivity index (χ1) is 20.9. The normalized spacial score (nSPS) is 11.8. The standard InChI is InChI=1S/C37H25N5/c1-3-14-26(15-4-1)39-30-20-9-10-21-31(30)40(27-16-5-2-6-17-27)34-24-13-25-35-36(34)42(33-23-12-11-22-32(33)39)37-38-28-18-7-8-19-29(28)41(35)37/h1-25H. The number of aromatic nitrogens is 5. The molecule has 0 fully saturated rings. The molecule has 5 heteroatoms. The zero-order chi connectivity index (χ0) is 27.6. The zero-order valence-electron chi connectivity index (χ0n) is 22.7. The van der Waals surface area contributed by atoms with Crippen LogP contribution in [-0.2, 0) is 0 Å². The van der Waals surface area contributed by atoms with Crippen molar-refractivity contribution in [2.75, 3.05) is 0 Å². The van der Waals surface area contributed by atoms with Crippen LogP contribution in [0.4, 0.5) is 0 Å². The van der Waals surface area contributed by atoms with Crippen molar-refractivity contribution in [3.8, 4) is 11.4 Å². The molecule has 0 spiro atoms. The summed E-state index contributed by atoms with van der Waals surface area (Å²) in [5.74, 6) is 0.887. The van der Waals surface area contributed by atoms with Crippen LogP contribution in [0.5, 0.6) is 0 Å². The molecule has 9 rings (SSSR count). The molecule has 3 aromatic heterocycles. The highest BCUT2D eigenvalue weighted by Gasteiger charge is 2.19. The quantitative estimate of drug-likeness (QED) is 0.216. The summed E-state index contributed by atoms with van der Waals surface area (Å²) in [4.78, 5) is 5.23. The van der Waals surface area contributed by atoms with Crippen molar-refractivity contribution in [1.29, 1.82) is 0 Å². The number of rotatable bonds is 2. The molecule has 6 aromatic carbocycles. The van der Waals surface area contributed by atoms with Gasteiger partial charge in [0.05, 0.1) is 49.7 Å². The Balaban J connectivity index is 1.72. The minimum atomic E-state index is 0.887. The monoisotopic (exact) mass is 539 g/mol. The van der Waals surface area contributed by atoms with Gasteiger partial charge in [0.15, 0.2) is 0 Å². The van der Waals surface area contributed by atoms with Crippen molar-refractivity contribution in [3.05, 3.63) is 152 Å². The number of imidazole rings is 2. The Morgan fingerprint density at radius 1 is 0.333 bits per heavy atom. The minimum absolute atomic E-state index is 0.887. The fourth-order valence-electron chi connectivity index (χ4n) is 6.49. The molecule has 0 aliphatic rings. The number of hydrogen-bond acceptors (Lipinski definition) is 1. The van der Waals surface area contributed by atoms with E-state index in [1.54, 1.807) is 0 Å². The topological polar surface area (TPSA) is 31.6 Å². The Kier molecular flexibility index (Phi) is 4.83. The molecule has 5 nitrogen and oxygen atoms in total. The Labute approximate surface area is 241 Å². The van der Waals surface area contributed by atoms with Gasteiger partial charge in [-0.2, -0.15) is 0 Å². The lowest BCUT2D eigenvalue weighted by molar-refractivity contribution is 1.13. The smallest absolute Gasteiger partial charge is 0.220 e. The molecule has 0 unspecified atom stereocenters. The Morgan fingerprint density at radius 3 is 1.43 bits per heavy atom. The molecule has 0 saturated heterocycles. The average Bonchev–Trinajstić information content (AvgIpc) is 3.59. The molecule has 3 heterocycles. The maximum Gasteiger partial charge on any atom is 0.220 e. The lowest BCUT2D eigenvalue weighted by Gasteiger charge is -2.16. The molecule has 42 heavy (non-hydrogen) atoms. The first-order valence-corrected chi connectivity index (χ1v) is 14.2. The molecule has 0 bridgehead atoms. The fraction of sp³-hybridized carbons (Fsp3) is 0. The molecule has 9 aromatic rings. The van der Waals surface area contributed by atoms with Crippen molar-refractivity contribution in [2.45, 2.75) is 0 Å². The third-order valence-electron chi connectivity index (χ3n) is 8.20. The van der Waals surface area contributed by atoms with Crippen LogP contribution >= 0.6 is 0 Å². The van der Waals surface area contributed by atoms with Crippen molar-refractivity contribution >= 4 is 55.4 Å². The van der Waals surface area contributed by atoms with E-state index in [2.05, 4.69) is 170 Å². The Morgan fingerprint density at radius 2 is 0.786 bits per heavy atom. The van der Waals surface area contributed by atoms with Crippen LogP contribution in [0, 0.1) is 0 Å². The second-order valence-electron chi connectivity index (χ2n) is 10.5. The van der Waals surface area contributed by atoms with Gasteiger partial charge in [-0.25, -0.2) is 4.98 Å². The SMILES string of the molecule is c1ccc(-n2c3ccccc3n(-c3ccccc3)c3cccc4c3n(c3ccccc32)c2nc3ccccc3n42)cc1. The van der Waals surface area contributed by atoms with Gasteiger partial charge in [-0.1, -0.05) is 78.9 Å². The molecule has 0 aliphatic carbocycles. The van der Waals surface area contributed by atoms with Crippen LogP contribution in [-0.4, -0.2) is 22.9 Å². The van der Waals surface area contributed by atoms with Gasteiger partial charge in [0.25, 0.3) is 0 Å². The predicted octanol–water partition coefficient (Wildman–Crippen LogP) is 8.91. The van der Waals surface area contributed by atoms with E-state index in [0.717, 1.165) is 66.8 Å². The van der Waals surface area contributed by atoms with Crippen LogP contribution in [0.15, 0.2) is 152 Å². The number of benzene rings is 6. The molecular formula is C37H25N5. The molecule has 0 N–H and O–H groups in total. The Hall–Kier alpha value is -5.81. The van der Waals surface area contributed by atoms with Crippen LogP contribution in [0.3, 0.4) is 0 Å². The molecular weight excluding hydrogens is 514 g/mol. The van der Waals surface area contributed by atoms with Gasteiger partial charge in [-0.05, 0) is 72.8 Å². The summed E-state index contributed by atoms with van der Waals surface area (Å²) in [6, 6.07) is 53.6. The summed E-state index contributed by atoms with van der Waals surface area (Å²) >= 11 is 0. The van der Waals surface area contributed by atoms with E-state index >= 15 is 0 Å². The molecule has 0 radical (unpaired) electrons. The summed E-state index contributed by atoms with van der Waals surface area (Å²) in [7, 11) is 0. The van der Waals surface area contributed by atoms with Gasteiger partial charge in [0.2, 0.25) is 5.78 Å². The predicted molar refractivity (Wildman–Crippen MR) is 172 cm³/mol. The second-order valence-corrected chi connectivity index (χ2v) is 10.5. The van der Waals surface area contributed by atoms with Gasteiger partial charge in [0.1, 0.15) is 0 Å². The first kappa shape index (κ1) is 22.9. The fourth-order valence-corrected chi connectivity index (χ4v) is 6.49. The third-order valence-corrected chi connectivity index (χ3v) is 8.20. The van der Waals surface area contributed by atoms with E-state index in [9.17, 15) is 0 Å². The summed E-state index contributed by atoms with van der Waals surface area (Å²) in [5, 5.41) is 0. The summed E-state index contributed by atoms with van der Waals surface area (Å²) in [6.07, 6.45) is 0. The molecule has 0 saturated carbocycles. The Bertz CT molecular complexity index is 2510. The van der Waals surface area contributed by atoms with Gasteiger partial charge in [0, 0.05) is 11.4 Å². The van der Waals surface area contributed by atoms with E-state index in [0.29, 0.717) is 0 Å². The molecule has 0 atom stereocenters. The zero-order valence-corrected chi connectivity index (χ0v) is 22.7. The van der Waals surface area contributed by atoms with Crippen molar-refractivity contribution in [1.82, 2.24) is 22.9 Å². The maximum absolute atomic E-state index is 5.23. The van der Waals surface area contributed by atoms with Gasteiger partial charge < -0.3 is 9.13 Å². The lowest BCUT2D eigenvalue weighted by Crippen LogP contribution is -2.01. The van der Waals surface area contributed by atoms with E-state index in [4.69, 9.17) is 4.98 Å². The van der Waals surface area contributed by atoms with E-state index < -0.39 is 0 Å². The number of nitrogens with zero attached hydrogens (tertiary/aromatic N) is 5. The van der Waals surface area contributed by atoms with E-state index in [1.165, 1.54) is 0 Å². The maximum atomic E-state index is 5.23. The molecule has 198 valence electrons. The van der Waals surface area contributed by atoms with Crippen LogP contribution in [0.2, 0.25) is 0 Å². The van der Waals surface area contributed by atoms with Crippen molar-refractivity contribution in [3.63, 3.8) is 0 Å². The van der Waals surface area contributed by atoms with Crippen LogP contribution < -0.4 is 0 Å². The first-order valence-electron chi connectivity index (χ1n) is 14.2. The van der Waals surface area contributed by atoms with E-state index in [1.807, 2.05) is 0 Å². The molecule has 0 aliphatic heterocycles. The van der Waals surface area contributed by atoms with Gasteiger partial charge in [-0.15, -0.1) is 0 Å². The average molecular weight is 540 g/mol. The van der Waals surface area contributed by atoms with Crippen LogP contribution in [0.25, 0.3) is 66.8 Å². The summed E-state index contributed by atoms with van der Waals surface area (Å²) in [5.41, 5.74) is 11.9. The van der Waals surface area contributed by atoms with Crippen LogP contribution in [0.1, 0.15) is 0 Å². The second kappa shape index (κ2) is 8.85. The number of hydrogen-bond donors (Lipinski definition) is 0. The largest absolute Gasteiger partial charge is 0.306 e. The summed E-state index contributed by atoms with van der Waals surface area (Å²) in [6.45, 7) is 0. The lowest BCUT2D eigenvalue weighted by atomic mass is 10.2. The number of para-hydroxylation sites is 9. The summed E-state index contributed by atoms with van der Waals surface area (Å²) < 4.78 is 9.40. The molecule has 0 amide bonds. The minimum Gasteiger partial charge on any atom is -0.306 e. The third kappa shape index (κ3) is 3.16. The highest BCUT2D eigenvalue weighted by molar-refractivity contribution is 6.03. The van der Waals surface area contributed by atoms with Gasteiger partial charge in [-0.3, -0.25) is 8.80 Å². The highest BCUT2D eigenvalue weighted by atomic mass is 15.2. The number of fused-ring (bicyclic) bond motifs is 8. The van der Waals surface area contributed by atoms with Gasteiger partial charge >= 0.3 is 0 Å². The van der Waals surface area contributed by atoms with Crippen molar-refractivity contribution < 1.29 is 0 Å². The highest BCUT2D eigenvalue weighted by Crippen LogP contribution is 2.34. The van der Waals surface area contributed by atoms with E-state index in [-0.39, 0.29) is 0 Å². The van der Waals surface area contributed by atoms with Crippen molar-refractivity contribution in [2.24, 2.45) is 0 Å².